The summed E-state index contributed by atoms with van der Waals surface area (Å²) in [5.41, 5.74) is 7.84. The number of pyridine rings is 1. The Balaban J connectivity index is 1.69. The van der Waals surface area contributed by atoms with E-state index in [0.717, 1.165) is 25.2 Å². The first kappa shape index (κ1) is 21.1. The molecule has 0 saturated carbocycles. The lowest BCUT2D eigenvalue weighted by Gasteiger charge is -2.13. The third kappa shape index (κ3) is 4.97. The molecule has 0 spiro atoms. The molecule has 0 atom stereocenters. The van der Waals surface area contributed by atoms with Crippen LogP contribution in [0.3, 0.4) is 0 Å². The highest BCUT2D eigenvalue weighted by Gasteiger charge is 2.20. The summed E-state index contributed by atoms with van der Waals surface area (Å²) in [6.07, 6.45) is 5.83. The summed E-state index contributed by atoms with van der Waals surface area (Å²) in [6.45, 7) is 5.93. The van der Waals surface area contributed by atoms with Crippen molar-refractivity contribution in [3.05, 3.63) is 46.7 Å². The number of amides is 1. The number of fused-ring (bicyclic) bond motifs is 1. The van der Waals surface area contributed by atoms with Crippen molar-refractivity contribution in [2.24, 2.45) is 5.16 Å². The molecule has 10 heteroatoms. The van der Waals surface area contributed by atoms with Crippen LogP contribution in [-0.4, -0.2) is 64.3 Å². The molecule has 3 aromatic heterocycles. The summed E-state index contributed by atoms with van der Waals surface area (Å²) < 4.78 is 0. The Morgan fingerprint density at radius 3 is 2.81 bits per heavy atom. The van der Waals surface area contributed by atoms with Crippen molar-refractivity contribution >= 4 is 39.1 Å². The van der Waals surface area contributed by atoms with Crippen molar-refractivity contribution in [1.82, 2.24) is 25.2 Å². The van der Waals surface area contributed by atoms with Crippen molar-refractivity contribution < 1.29 is 9.63 Å². The van der Waals surface area contributed by atoms with E-state index in [0.29, 0.717) is 39.7 Å². The monoisotopic (exact) mass is 439 g/mol. The second-order valence-electron chi connectivity index (χ2n) is 7.18. The molecule has 0 aromatic carbocycles. The minimum atomic E-state index is -0.153. The van der Waals surface area contributed by atoms with Crippen LogP contribution in [0.25, 0.3) is 10.2 Å². The first-order valence-electron chi connectivity index (χ1n) is 10.3. The van der Waals surface area contributed by atoms with Crippen molar-refractivity contribution in [3.63, 3.8) is 0 Å². The van der Waals surface area contributed by atoms with Crippen LogP contribution in [0.15, 0.2) is 35.7 Å². The molecule has 0 unspecified atom stereocenters. The maximum Gasteiger partial charge on any atom is 0.261 e. The smallest absolute Gasteiger partial charge is 0.261 e. The number of carbonyl (C=O) groups is 1. The van der Waals surface area contributed by atoms with Crippen LogP contribution in [0.1, 0.15) is 40.7 Å². The predicted molar refractivity (Wildman–Crippen MR) is 121 cm³/mol. The molecule has 31 heavy (non-hydrogen) atoms. The number of nitrogens with zero attached hydrogens (tertiary/aromatic N) is 5. The van der Waals surface area contributed by atoms with Gasteiger partial charge in [0.15, 0.2) is 0 Å². The van der Waals surface area contributed by atoms with Crippen LogP contribution < -0.4 is 11.1 Å². The molecule has 0 bridgehead atoms. The SMILES string of the molecule is CCNC(=O)c1cc2c(/C(=N/OCCN3CCCC3)c3ccncc3)nc(N)nc2s1. The lowest BCUT2D eigenvalue weighted by molar-refractivity contribution is 0.0960. The van der Waals surface area contributed by atoms with Crippen LogP contribution in [0.2, 0.25) is 0 Å². The fraction of sp³-hybridized carbons (Fsp3) is 0.381. The quantitative estimate of drug-likeness (QED) is 0.314. The standard InChI is InChI=1S/C21H25N7O2S/c1-2-24-19(29)16-13-15-18(25-21(22)26-20(15)31-16)17(14-5-7-23-8-6-14)27-30-12-11-28-9-3-4-10-28/h5-8,13H,2-4,9-12H2,1H3,(H,24,29)(H2,22,25,26)/b27-17+. The van der Waals surface area contributed by atoms with Gasteiger partial charge in [0.25, 0.3) is 5.91 Å². The van der Waals surface area contributed by atoms with Gasteiger partial charge in [-0.1, -0.05) is 5.16 Å². The zero-order chi connectivity index (χ0) is 21.6. The maximum absolute atomic E-state index is 12.3. The van der Waals surface area contributed by atoms with Gasteiger partial charge in [-0.25, -0.2) is 9.97 Å². The van der Waals surface area contributed by atoms with E-state index in [2.05, 4.69) is 30.3 Å². The number of nitrogens with two attached hydrogens (primary N) is 1. The fourth-order valence-corrected chi connectivity index (χ4v) is 4.46. The number of hydrogen-bond acceptors (Lipinski definition) is 9. The summed E-state index contributed by atoms with van der Waals surface area (Å²) in [5.74, 6) is -0.0371. The Bertz CT molecular complexity index is 1080. The largest absolute Gasteiger partial charge is 0.394 e. The minimum absolute atomic E-state index is 0.116. The van der Waals surface area contributed by atoms with Crippen molar-refractivity contribution in [1.29, 1.82) is 0 Å². The van der Waals surface area contributed by atoms with Gasteiger partial charge in [-0.15, -0.1) is 11.3 Å². The molecule has 1 amide bonds. The first-order valence-corrected chi connectivity index (χ1v) is 11.2. The number of thiophene rings is 1. The van der Waals surface area contributed by atoms with Gasteiger partial charge in [0.2, 0.25) is 5.95 Å². The maximum atomic E-state index is 12.3. The summed E-state index contributed by atoms with van der Waals surface area (Å²) in [6, 6.07) is 5.45. The fourth-order valence-electron chi connectivity index (χ4n) is 3.51. The number of aromatic nitrogens is 3. The highest BCUT2D eigenvalue weighted by molar-refractivity contribution is 7.20. The van der Waals surface area contributed by atoms with Crippen LogP contribution >= 0.6 is 11.3 Å². The predicted octanol–water partition coefficient (Wildman–Crippen LogP) is 2.28. The minimum Gasteiger partial charge on any atom is -0.394 e. The molecule has 3 aromatic rings. The second-order valence-corrected chi connectivity index (χ2v) is 8.21. The van der Waals surface area contributed by atoms with Gasteiger partial charge >= 0.3 is 0 Å². The molecule has 4 rings (SSSR count). The molecule has 0 aliphatic carbocycles. The molecule has 1 fully saturated rings. The van der Waals surface area contributed by atoms with Crippen LogP contribution in [0, 0.1) is 0 Å². The Morgan fingerprint density at radius 2 is 2.06 bits per heavy atom. The van der Waals surface area contributed by atoms with Crippen molar-refractivity contribution in [2.45, 2.75) is 19.8 Å². The Kier molecular flexibility index (Phi) is 6.68. The third-order valence-corrected chi connectivity index (χ3v) is 6.03. The normalized spacial score (nSPS) is 14.8. The van der Waals surface area contributed by atoms with Crippen LogP contribution in [0.5, 0.6) is 0 Å². The molecule has 162 valence electrons. The Morgan fingerprint density at radius 1 is 1.29 bits per heavy atom. The number of nitrogen functional groups attached to an aromatic ring is 1. The van der Waals surface area contributed by atoms with E-state index < -0.39 is 0 Å². The third-order valence-electron chi connectivity index (χ3n) is 5.00. The molecular formula is C21H25N7O2S. The lowest BCUT2D eigenvalue weighted by atomic mass is 10.1. The Hall–Kier alpha value is -3.11. The first-order chi connectivity index (χ1) is 15.2. The van der Waals surface area contributed by atoms with E-state index >= 15 is 0 Å². The zero-order valence-corrected chi connectivity index (χ0v) is 18.2. The van der Waals surface area contributed by atoms with Crippen LogP contribution in [0.4, 0.5) is 5.95 Å². The number of hydrogen-bond donors (Lipinski definition) is 2. The average Bonchev–Trinajstić information content (AvgIpc) is 3.44. The van der Waals surface area contributed by atoms with Gasteiger partial charge < -0.3 is 15.9 Å². The molecule has 3 N–H and O–H groups in total. The number of carbonyl (C=O) groups excluding carboxylic acids is 1. The number of likely N-dealkylation sites (tertiary alicyclic amines) is 1. The van der Waals surface area contributed by atoms with E-state index in [9.17, 15) is 4.79 Å². The van der Waals surface area contributed by atoms with E-state index in [1.807, 2.05) is 19.1 Å². The number of oxime groups is 1. The summed E-state index contributed by atoms with van der Waals surface area (Å²) in [4.78, 5) is 34.4. The summed E-state index contributed by atoms with van der Waals surface area (Å²) in [7, 11) is 0. The van der Waals surface area contributed by atoms with E-state index in [1.54, 1.807) is 18.5 Å². The van der Waals surface area contributed by atoms with Gasteiger partial charge in [-0.2, -0.15) is 0 Å². The van der Waals surface area contributed by atoms with Gasteiger partial charge in [0.1, 0.15) is 22.8 Å². The summed E-state index contributed by atoms with van der Waals surface area (Å²) >= 11 is 1.27. The molecule has 4 heterocycles. The van der Waals surface area contributed by atoms with Gasteiger partial charge in [0, 0.05) is 36.4 Å². The van der Waals surface area contributed by atoms with Crippen LogP contribution in [-0.2, 0) is 4.84 Å². The topological polar surface area (TPSA) is 119 Å². The number of nitrogens with one attached hydrogen (secondary N) is 1. The molecule has 1 aliphatic rings. The Labute approximate surface area is 184 Å². The second kappa shape index (κ2) is 9.80. The molecule has 0 radical (unpaired) electrons. The average molecular weight is 440 g/mol. The number of anilines is 1. The lowest BCUT2D eigenvalue weighted by Crippen LogP contribution is -2.23. The van der Waals surface area contributed by atoms with E-state index in [-0.39, 0.29) is 11.9 Å². The highest BCUT2D eigenvalue weighted by atomic mass is 32.1. The van der Waals surface area contributed by atoms with E-state index in [1.165, 1.54) is 24.2 Å². The van der Waals surface area contributed by atoms with Crippen molar-refractivity contribution in [3.8, 4) is 0 Å². The van der Waals surface area contributed by atoms with E-state index in [4.69, 9.17) is 10.6 Å². The van der Waals surface area contributed by atoms with Gasteiger partial charge in [0.05, 0.1) is 4.88 Å². The molecule has 1 saturated heterocycles. The number of rotatable bonds is 8. The molecule has 9 nitrogen and oxygen atoms in total. The van der Waals surface area contributed by atoms with Gasteiger partial charge in [-0.05, 0) is 51.1 Å². The highest BCUT2D eigenvalue weighted by Crippen LogP contribution is 2.28. The van der Waals surface area contributed by atoms with Crippen molar-refractivity contribution in [2.75, 3.05) is 38.5 Å². The molecule has 1 aliphatic heterocycles. The summed E-state index contributed by atoms with van der Waals surface area (Å²) in [5, 5.41) is 7.95. The molecular weight excluding hydrogens is 414 g/mol. The van der Waals surface area contributed by atoms with Gasteiger partial charge in [-0.3, -0.25) is 14.7 Å². The zero-order valence-electron chi connectivity index (χ0n) is 17.4.